The summed E-state index contributed by atoms with van der Waals surface area (Å²) < 4.78 is 2.10. The van der Waals surface area contributed by atoms with Gasteiger partial charge >= 0.3 is 0 Å². The van der Waals surface area contributed by atoms with Crippen molar-refractivity contribution in [2.45, 2.75) is 0 Å². The maximum atomic E-state index is 4.54. The lowest BCUT2D eigenvalue weighted by molar-refractivity contribution is 1.28. The zero-order valence-electron chi connectivity index (χ0n) is 8.44. The highest BCUT2D eigenvalue weighted by Gasteiger charge is 2.08. The van der Waals surface area contributed by atoms with E-state index < -0.39 is 0 Å². The van der Waals surface area contributed by atoms with Crippen molar-refractivity contribution in [3.8, 4) is 0 Å². The Balaban J connectivity index is 2.38. The maximum absolute atomic E-state index is 4.54. The Morgan fingerprint density at radius 2 is 2.06 bits per heavy atom. The van der Waals surface area contributed by atoms with E-state index in [1.165, 1.54) is 0 Å². The lowest BCUT2D eigenvalue weighted by Crippen LogP contribution is -1.79. The van der Waals surface area contributed by atoms with Crippen LogP contribution in [-0.2, 0) is 0 Å². The fourth-order valence-electron chi connectivity index (χ4n) is 2.17. The van der Waals surface area contributed by atoms with Crippen LogP contribution in [0.3, 0.4) is 0 Å². The summed E-state index contributed by atoms with van der Waals surface area (Å²) in [5.74, 6) is 0.874. The van der Waals surface area contributed by atoms with E-state index in [1.54, 1.807) is 0 Å². The number of rotatable bonds is 0. The monoisotopic (exact) mass is 206 g/mol. The van der Waals surface area contributed by atoms with E-state index in [1.807, 2.05) is 36.4 Å². The van der Waals surface area contributed by atoms with Crippen molar-refractivity contribution in [2.24, 2.45) is 0 Å². The van der Waals surface area contributed by atoms with Crippen molar-refractivity contribution in [3.63, 3.8) is 0 Å². The molecule has 75 valence electrons. The Morgan fingerprint density at radius 3 is 3.06 bits per heavy atom. The van der Waals surface area contributed by atoms with Crippen LogP contribution in [0, 0.1) is 6.07 Å². The molecule has 16 heavy (non-hydrogen) atoms. The van der Waals surface area contributed by atoms with E-state index in [4.69, 9.17) is 0 Å². The largest absolute Gasteiger partial charge is 0.323 e. The van der Waals surface area contributed by atoms with Crippen LogP contribution in [-0.4, -0.2) is 14.4 Å². The molecule has 0 bridgehead atoms. The summed E-state index contributed by atoms with van der Waals surface area (Å²) in [5, 5.41) is 0. The smallest absolute Gasteiger partial charge is 0.213 e. The van der Waals surface area contributed by atoms with E-state index in [-0.39, 0.29) is 0 Å². The molecule has 0 saturated heterocycles. The first kappa shape index (κ1) is 7.93. The quantitative estimate of drug-likeness (QED) is 0.471. The first-order valence-electron chi connectivity index (χ1n) is 5.19. The molecule has 0 unspecified atom stereocenters. The Bertz CT molecular complexity index is 742. The number of hydrogen-bond donors (Lipinski definition) is 1. The van der Waals surface area contributed by atoms with Crippen molar-refractivity contribution in [1.29, 1.82) is 0 Å². The third-order valence-electron chi connectivity index (χ3n) is 2.87. The second kappa shape index (κ2) is 2.64. The predicted molar refractivity (Wildman–Crippen MR) is 63.4 cm³/mol. The van der Waals surface area contributed by atoms with Crippen LogP contribution in [0.5, 0.6) is 0 Å². The molecule has 0 atom stereocenters. The number of benzene rings is 2. The number of hydrogen-bond acceptors (Lipinski definition) is 1. The van der Waals surface area contributed by atoms with Crippen LogP contribution < -0.4 is 0 Å². The molecule has 2 aromatic carbocycles. The maximum Gasteiger partial charge on any atom is 0.213 e. The number of nitrogens with zero attached hydrogens (tertiary/aromatic N) is 2. The average molecular weight is 206 g/mol. The fraction of sp³-hybridized carbons (Fsp3) is 0. The van der Waals surface area contributed by atoms with Gasteiger partial charge in [0, 0.05) is 6.07 Å². The standard InChI is InChI=1S/C13H8N3/c1-3-7-11-9(5-1)14-13-15-10-6-2-4-8-12(10)16(11)13/h1-7H,(H,14,15). The van der Waals surface area contributed by atoms with Crippen molar-refractivity contribution in [1.82, 2.24) is 14.4 Å². The van der Waals surface area contributed by atoms with Crippen LogP contribution in [0.15, 0.2) is 42.5 Å². The second-order valence-electron chi connectivity index (χ2n) is 3.82. The van der Waals surface area contributed by atoms with E-state index in [2.05, 4.69) is 26.5 Å². The van der Waals surface area contributed by atoms with Gasteiger partial charge in [-0.2, -0.15) is 0 Å². The van der Waals surface area contributed by atoms with Gasteiger partial charge in [0.15, 0.2) is 0 Å². The molecule has 0 saturated carbocycles. The van der Waals surface area contributed by atoms with Gasteiger partial charge in [0.1, 0.15) is 0 Å². The zero-order chi connectivity index (χ0) is 10.5. The van der Waals surface area contributed by atoms with Gasteiger partial charge in [0.05, 0.1) is 22.1 Å². The zero-order valence-corrected chi connectivity index (χ0v) is 8.44. The second-order valence-corrected chi connectivity index (χ2v) is 3.82. The van der Waals surface area contributed by atoms with E-state index >= 15 is 0 Å². The van der Waals surface area contributed by atoms with Crippen molar-refractivity contribution >= 4 is 27.8 Å². The molecule has 3 nitrogen and oxygen atoms in total. The SMILES string of the molecule is [c]1cccc2[nH]c3nc4ccccc4n3c12. The first-order valence-corrected chi connectivity index (χ1v) is 5.19. The van der Waals surface area contributed by atoms with Gasteiger partial charge in [-0.15, -0.1) is 0 Å². The number of fused-ring (bicyclic) bond motifs is 5. The van der Waals surface area contributed by atoms with E-state index in [0.717, 1.165) is 27.8 Å². The van der Waals surface area contributed by atoms with Gasteiger partial charge in [-0.3, -0.25) is 4.40 Å². The summed E-state index contributed by atoms with van der Waals surface area (Å²) in [6, 6.07) is 17.3. The van der Waals surface area contributed by atoms with Gasteiger partial charge in [-0.1, -0.05) is 24.3 Å². The predicted octanol–water partition coefficient (Wildman–Crippen LogP) is 2.77. The van der Waals surface area contributed by atoms with Crippen molar-refractivity contribution in [3.05, 3.63) is 48.5 Å². The minimum atomic E-state index is 0.874. The molecule has 2 heterocycles. The molecule has 4 rings (SSSR count). The highest BCUT2D eigenvalue weighted by molar-refractivity contribution is 5.89. The summed E-state index contributed by atoms with van der Waals surface area (Å²) in [6.07, 6.45) is 0. The highest BCUT2D eigenvalue weighted by Crippen LogP contribution is 2.21. The lowest BCUT2D eigenvalue weighted by atomic mass is 10.3. The summed E-state index contributed by atoms with van der Waals surface area (Å²) in [6.45, 7) is 0. The normalized spacial score (nSPS) is 11.8. The van der Waals surface area contributed by atoms with Crippen LogP contribution in [0.2, 0.25) is 0 Å². The molecular weight excluding hydrogens is 198 g/mol. The molecule has 1 radical (unpaired) electrons. The number of H-pyrrole nitrogens is 1. The molecular formula is C13H8N3. The van der Waals surface area contributed by atoms with Crippen LogP contribution in [0.1, 0.15) is 0 Å². The molecule has 0 fully saturated rings. The summed E-state index contributed by atoms with van der Waals surface area (Å²) in [4.78, 5) is 7.83. The third-order valence-corrected chi connectivity index (χ3v) is 2.87. The Labute approximate surface area is 91.3 Å². The van der Waals surface area contributed by atoms with Gasteiger partial charge in [0.2, 0.25) is 5.78 Å². The van der Waals surface area contributed by atoms with Crippen LogP contribution in [0.4, 0.5) is 0 Å². The van der Waals surface area contributed by atoms with Crippen molar-refractivity contribution in [2.75, 3.05) is 0 Å². The number of para-hydroxylation sites is 3. The van der Waals surface area contributed by atoms with Crippen molar-refractivity contribution < 1.29 is 0 Å². The molecule has 2 aromatic heterocycles. The van der Waals surface area contributed by atoms with Gasteiger partial charge in [0.25, 0.3) is 0 Å². The number of nitrogens with one attached hydrogen (secondary N) is 1. The molecule has 1 N–H and O–H groups in total. The molecule has 3 heteroatoms. The van der Waals surface area contributed by atoms with E-state index in [0.29, 0.717) is 0 Å². The average Bonchev–Trinajstić information content (AvgIpc) is 2.83. The first-order chi connectivity index (χ1) is 7.93. The van der Waals surface area contributed by atoms with Gasteiger partial charge < -0.3 is 4.98 Å². The Kier molecular flexibility index (Phi) is 1.31. The van der Waals surface area contributed by atoms with Crippen LogP contribution in [0.25, 0.3) is 27.8 Å². The molecule has 0 amide bonds. The molecule has 0 aliphatic rings. The van der Waals surface area contributed by atoms with Crippen LogP contribution >= 0.6 is 0 Å². The lowest BCUT2D eigenvalue weighted by Gasteiger charge is -1.92. The minimum absolute atomic E-state index is 0.874. The Morgan fingerprint density at radius 1 is 1.12 bits per heavy atom. The fourth-order valence-corrected chi connectivity index (χ4v) is 2.17. The molecule has 4 aromatic rings. The topological polar surface area (TPSA) is 33.1 Å². The number of imidazole rings is 2. The molecule has 0 aliphatic carbocycles. The summed E-state index contributed by atoms with van der Waals surface area (Å²) in [7, 11) is 0. The number of aromatic nitrogens is 3. The third kappa shape index (κ3) is 0.852. The molecule has 0 aliphatic heterocycles. The number of aromatic amines is 1. The summed E-state index contributed by atoms with van der Waals surface area (Å²) >= 11 is 0. The summed E-state index contributed by atoms with van der Waals surface area (Å²) in [5.41, 5.74) is 4.24. The van der Waals surface area contributed by atoms with Gasteiger partial charge in [-0.05, 0) is 18.2 Å². The molecule has 0 spiro atoms. The van der Waals surface area contributed by atoms with Gasteiger partial charge in [-0.25, -0.2) is 4.98 Å². The highest BCUT2D eigenvalue weighted by atomic mass is 15.1. The Hall–Kier alpha value is -2.29. The minimum Gasteiger partial charge on any atom is -0.323 e. The van der Waals surface area contributed by atoms with E-state index in [9.17, 15) is 0 Å².